The maximum absolute atomic E-state index is 12.2. The first-order chi connectivity index (χ1) is 12.0. The van der Waals surface area contributed by atoms with Crippen LogP contribution in [0.1, 0.15) is 15.9 Å². The number of benzene rings is 2. The van der Waals surface area contributed by atoms with Crippen molar-refractivity contribution in [2.45, 2.75) is 6.54 Å². The molecule has 2 aromatic rings. The van der Waals surface area contributed by atoms with Gasteiger partial charge >= 0.3 is 0 Å². The van der Waals surface area contributed by atoms with E-state index in [4.69, 9.17) is 9.47 Å². The van der Waals surface area contributed by atoms with E-state index in [9.17, 15) is 9.59 Å². The van der Waals surface area contributed by atoms with Gasteiger partial charge in [0.15, 0.2) is 11.5 Å². The Kier molecular flexibility index (Phi) is 5.23. The Morgan fingerprint density at radius 1 is 1.12 bits per heavy atom. The van der Waals surface area contributed by atoms with Gasteiger partial charge < -0.3 is 19.7 Å². The molecule has 0 saturated carbocycles. The van der Waals surface area contributed by atoms with Crippen molar-refractivity contribution < 1.29 is 19.1 Å². The molecule has 7 heteroatoms. The number of hydrogen-bond donors (Lipinski definition) is 1. The highest BCUT2D eigenvalue weighted by molar-refractivity contribution is 9.10. The van der Waals surface area contributed by atoms with Crippen molar-refractivity contribution in [3.05, 3.63) is 58.1 Å². The van der Waals surface area contributed by atoms with Crippen LogP contribution in [-0.4, -0.2) is 37.1 Å². The summed E-state index contributed by atoms with van der Waals surface area (Å²) in [6, 6.07) is 12.5. The zero-order valence-corrected chi connectivity index (χ0v) is 15.2. The third kappa shape index (κ3) is 4.30. The van der Waals surface area contributed by atoms with Gasteiger partial charge in [-0.25, -0.2) is 0 Å². The first-order valence-corrected chi connectivity index (χ1v) is 8.48. The molecule has 1 aliphatic rings. The standard InChI is InChI=1S/C18H17BrN2O4/c1-21(10-12-2-7-15-16(8-12)25-11-24-15)17(22)9-20-18(23)13-3-5-14(19)6-4-13/h2-8H,9-11H2,1H3,(H,20,23). The second-order valence-electron chi connectivity index (χ2n) is 5.63. The van der Waals surface area contributed by atoms with Gasteiger partial charge in [-0.05, 0) is 42.0 Å². The van der Waals surface area contributed by atoms with E-state index in [1.54, 1.807) is 36.2 Å². The summed E-state index contributed by atoms with van der Waals surface area (Å²) in [6.07, 6.45) is 0. The van der Waals surface area contributed by atoms with Crippen molar-refractivity contribution in [2.24, 2.45) is 0 Å². The third-order valence-electron chi connectivity index (χ3n) is 3.79. The van der Waals surface area contributed by atoms with Gasteiger partial charge in [0.2, 0.25) is 12.7 Å². The molecular formula is C18H17BrN2O4. The molecule has 1 aliphatic heterocycles. The lowest BCUT2D eigenvalue weighted by Crippen LogP contribution is -2.37. The van der Waals surface area contributed by atoms with Gasteiger partial charge in [0.05, 0.1) is 6.54 Å². The van der Waals surface area contributed by atoms with Crippen molar-refractivity contribution >= 4 is 27.7 Å². The van der Waals surface area contributed by atoms with Gasteiger partial charge in [-0.15, -0.1) is 0 Å². The van der Waals surface area contributed by atoms with Crippen molar-refractivity contribution in [2.75, 3.05) is 20.4 Å². The normalized spacial score (nSPS) is 11.9. The Morgan fingerprint density at radius 2 is 1.84 bits per heavy atom. The van der Waals surface area contributed by atoms with Crippen LogP contribution < -0.4 is 14.8 Å². The SMILES string of the molecule is CN(Cc1ccc2c(c1)OCO2)C(=O)CNC(=O)c1ccc(Br)cc1. The van der Waals surface area contributed by atoms with Crippen molar-refractivity contribution in [3.8, 4) is 11.5 Å². The predicted molar refractivity (Wildman–Crippen MR) is 95.5 cm³/mol. The molecule has 1 heterocycles. The van der Waals surface area contributed by atoms with Crippen LogP contribution in [0.15, 0.2) is 46.9 Å². The number of ether oxygens (including phenoxy) is 2. The number of hydrogen-bond acceptors (Lipinski definition) is 4. The lowest BCUT2D eigenvalue weighted by atomic mass is 10.2. The zero-order valence-electron chi connectivity index (χ0n) is 13.6. The Hall–Kier alpha value is -2.54. The van der Waals surface area contributed by atoms with Gasteiger partial charge in [-0.3, -0.25) is 9.59 Å². The summed E-state index contributed by atoms with van der Waals surface area (Å²) < 4.78 is 11.5. The number of nitrogens with one attached hydrogen (secondary N) is 1. The molecule has 2 amide bonds. The second kappa shape index (κ2) is 7.57. The monoisotopic (exact) mass is 404 g/mol. The Morgan fingerprint density at radius 3 is 2.60 bits per heavy atom. The number of nitrogens with zero attached hydrogens (tertiary/aromatic N) is 1. The summed E-state index contributed by atoms with van der Waals surface area (Å²) in [5, 5.41) is 2.64. The second-order valence-corrected chi connectivity index (χ2v) is 6.54. The number of carbonyl (C=O) groups is 2. The van der Waals surface area contributed by atoms with Crippen LogP contribution in [0.3, 0.4) is 0 Å². The quantitative estimate of drug-likeness (QED) is 0.831. The average molecular weight is 405 g/mol. The highest BCUT2D eigenvalue weighted by atomic mass is 79.9. The van der Waals surface area contributed by atoms with Gasteiger partial charge in [-0.2, -0.15) is 0 Å². The Labute approximate surface area is 153 Å². The van der Waals surface area contributed by atoms with Crippen LogP contribution in [-0.2, 0) is 11.3 Å². The molecule has 25 heavy (non-hydrogen) atoms. The van der Waals surface area contributed by atoms with Gasteiger partial charge in [0.25, 0.3) is 5.91 Å². The highest BCUT2D eigenvalue weighted by Crippen LogP contribution is 2.32. The molecule has 0 radical (unpaired) electrons. The topological polar surface area (TPSA) is 67.9 Å². The molecule has 0 atom stereocenters. The van der Waals surface area contributed by atoms with Gasteiger partial charge in [-0.1, -0.05) is 22.0 Å². The summed E-state index contributed by atoms with van der Waals surface area (Å²) in [6.45, 7) is 0.579. The van der Waals surface area contributed by atoms with E-state index in [-0.39, 0.29) is 25.2 Å². The predicted octanol–water partition coefficient (Wildman–Crippen LogP) is 2.57. The maximum atomic E-state index is 12.2. The molecule has 0 bridgehead atoms. The molecule has 1 N–H and O–H groups in total. The van der Waals surface area contributed by atoms with E-state index >= 15 is 0 Å². The van der Waals surface area contributed by atoms with E-state index in [1.807, 2.05) is 18.2 Å². The molecule has 130 valence electrons. The van der Waals surface area contributed by atoms with Crippen LogP contribution in [0.2, 0.25) is 0 Å². The third-order valence-corrected chi connectivity index (χ3v) is 4.32. The number of rotatable bonds is 5. The molecule has 6 nitrogen and oxygen atoms in total. The molecule has 2 aromatic carbocycles. The number of carbonyl (C=O) groups excluding carboxylic acids is 2. The summed E-state index contributed by atoms with van der Waals surface area (Å²) >= 11 is 3.32. The van der Waals surface area contributed by atoms with Gasteiger partial charge in [0.1, 0.15) is 0 Å². The summed E-state index contributed by atoms with van der Waals surface area (Å²) in [7, 11) is 1.69. The first-order valence-electron chi connectivity index (χ1n) is 7.69. The number of likely N-dealkylation sites (N-methyl/N-ethyl adjacent to an activating group) is 1. The molecule has 0 saturated heterocycles. The number of fused-ring (bicyclic) bond motifs is 1. The highest BCUT2D eigenvalue weighted by Gasteiger charge is 2.16. The van der Waals surface area contributed by atoms with Crippen molar-refractivity contribution in [1.29, 1.82) is 0 Å². The fourth-order valence-electron chi connectivity index (χ4n) is 2.40. The summed E-state index contributed by atoms with van der Waals surface area (Å²) in [4.78, 5) is 25.8. The average Bonchev–Trinajstić information content (AvgIpc) is 3.07. The van der Waals surface area contributed by atoms with Crippen LogP contribution in [0.25, 0.3) is 0 Å². The molecular weight excluding hydrogens is 388 g/mol. The molecule has 0 unspecified atom stereocenters. The fourth-order valence-corrected chi connectivity index (χ4v) is 2.66. The van der Waals surface area contributed by atoms with E-state index in [0.29, 0.717) is 23.6 Å². The minimum atomic E-state index is -0.280. The first kappa shape index (κ1) is 17.3. The number of amides is 2. The molecule has 0 aromatic heterocycles. The Bertz CT molecular complexity index is 792. The lowest BCUT2D eigenvalue weighted by molar-refractivity contribution is -0.129. The largest absolute Gasteiger partial charge is 0.454 e. The minimum absolute atomic E-state index is 0.0596. The van der Waals surface area contributed by atoms with Crippen LogP contribution in [0.5, 0.6) is 11.5 Å². The van der Waals surface area contributed by atoms with Crippen LogP contribution in [0, 0.1) is 0 Å². The maximum Gasteiger partial charge on any atom is 0.251 e. The van der Waals surface area contributed by atoms with Crippen molar-refractivity contribution in [3.63, 3.8) is 0 Å². The van der Waals surface area contributed by atoms with Crippen LogP contribution in [0.4, 0.5) is 0 Å². The van der Waals surface area contributed by atoms with E-state index in [1.165, 1.54) is 0 Å². The van der Waals surface area contributed by atoms with Crippen molar-refractivity contribution in [1.82, 2.24) is 10.2 Å². The summed E-state index contributed by atoms with van der Waals surface area (Å²) in [5.41, 5.74) is 1.44. The number of halogens is 1. The Balaban J connectivity index is 1.52. The minimum Gasteiger partial charge on any atom is -0.454 e. The van der Waals surface area contributed by atoms with E-state index < -0.39 is 0 Å². The fraction of sp³-hybridized carbons (Fsp3) is 0.222. The summed E-state index contributed by atoms with van der Waals surface area (Å²) in [5.74, 6) is 0.932. The van der Waals surface area contributed by atoms with E-state index in [2.05, 4.69) is 21.2 Å². The molecule has 0 aliphatic carbocycles. The smallest absolute Gasteiger partial charge is 0.251 e. The zero-order chi connectivity index (χ0) is 17.8. The lowest BCUT2D eigenvalue weighted by Gasteiger charge is -2.18. The molecule has 0 spiro atoms. The van der Waals surface area contributed by atoms with E-state index in [0.717, 1.165) is 10.0 Å². The molecule has 3 rings (SSSR count). The molecule has 0 fully saturated rings. The van der Waals surface area contributed by atoms with Gasteiger partial charge in [0, 0.05) is 23.6 Å². The van der Waals surface area contributed by atoms with Crippen LogP contribution >= 0.6 is 15.9 Å².